The monoisotopic (exact) mass is 240 g/mol. The third-order valence-corrected chi connectivity index (χ3v) is 4.48. The molecule has 1 fully saturated rings. The molecule has 0 radical (unpaired) electrons. The normalized spacial score (nSPS) is 16.9. The summed E-state index contributed by atoms with van der Waals surface area (Å²) in [4.78, 5) is 8.20. The van der Waals surface area contributed by atoms with Crippen molar-refractivity contribution in [1.82, 2.24) is 4.98 Å². The highest BCUT2D eigenvalue weighted by Crippen LogP contribution is 2.31. The number of thiazole rings is 1. The second-order valence-corrected chi connectivity index (χ2v) is 5.67. The molecule has 90 valence electrons. The minimum absolute atomic E-state index is 0.216. The highest BCUT2D eigenvalue weighted by molar-refractivity contribution is 7.15. The predicted molar refractivity (Wildman–Crippen MR) is 68.3 cm³/mol. The molecule has 1 aromatic heterocycles. The van der Waals surface area contributed by atoms with E-state index >= 15 is 0 Å². The van der Waals surface area contributed by atoms with Gasteiger partial charge in [0.05, 0.1) is 12.3 Å². The molecule has 0 amide bonds. The van der Waals surface area contributed by atoms with Gasteiger partial charge in [-0.05, 0) is 26.7 Å². The van der Waals surface area contributed by atoms with Gasteiger partial charge in [-0.2, -0.15) is 0 Å². The van der Waals surface area contributed by atoms with Gasteiger partial charge in [-0.1, -0.05) is 12.8 Å². The van der Waals surface area contributed by atoms with Crippen molar-refractivity contribution in [2.75, 3.05) is 18.1 Å². The molecule has 1 N–H and O–H groups in total. The lowest BCUT2D eigenvalue weighted by Crippen LogP contribution is -2.35. The van der Waals surface area contributed by atoms with E-state index in [1.807, 2.05) is 0 Å². The van der Waals surface area contributed by atoms with Gasteiger partial charge < -0.3 is 10.0 Å². The first kappa shape index (κ1) is 11.9. The smallest absolute Gasteiger partial charge is 0.186 e. The number of hydrogen-bond acceptors (Lipinski definition) is 4. The molecule has 1 aliphatic carbocycles. The van der Waals surface area contributed by atoms with Crippen LogP contribution in [-0.4, -0.2) is 29.3 Å². The number of aliphatic hydroxyl groups is 1. The third-order valence-electron chi connectivity index (χ3n) is 3.37. The maximum absolute atomic E-state index is 9.17. The Balaban J connectivity index is 2.17. The van der Waals surface area contributed by atoms with Crippen LogP contribution in [0, 0.1) is 13.8 Å². The maximum atomic E-state index is 9.17. The number of aryl methyl sites for hydroxylation is 2. The molecule has 0 bridgehead atoms. The van der Waals surface area contributed by atoms with Crippen LogP contribution in [0.5, 0.6) is 0 Å². The molecule has 16 heavy (non-hydrogen) atoms. The maximum Gasteiger partial charge on any atom is 0.186 e. The first-order valence-electron chi connectivity index (χ1n) is 6.04. The standard InChI is InChI=1S/C12H20N2OS/c1-9-10(2)16-12(13-9)14(7-8-15)11-5-3-4-6-11/h11,15H,3-8H2,1-2H3. The van der Waals surface area contributed by atoms with Gasteiger partial charge in [-0.3, -0.25) is 0 Å². The Bertz CT molecular complexity index is 325. The van der Waals surface area contributed by atoms with Crippen molar-refractivity contribution in [2.45, 2.75) is 45.6 Å². The van der Waals surface area contributed by atoms with E-state index < -0.39 is 0 Å². The fraction of sp³-hybridized carbons (Fsp3) is 0.750. The number of nitrogens with zero attached hydrogens (tertiary/aromatic N) is 2. The largest absolute Gasteiger partial charge is 0.395 e. The molecule has 0 spiro atoms. The van der Waals surface area contributed by atoms with Crippen molar-refractivity contribution in [3.8, 4) is 0 Å². The van der Waals surface area contributed by atoms with Gasteiger partial charge in [0.2, 0.25) is 0 Å². The topological polar surface area (TPSA) is 36.4 Å². The fourth-order valence-electron chi connectivity index (χ4n) is 2.34. The second kappa shape index (κ2) is 5.15. The average Bonchev–Trinajstić information content (AvgIpc) is 2.86. The summed E-state index contributed by atoms with van der Waals surface area (Å²) in [5.41, 5.74) is 1.13. The molecule has 3 nitrogen and oxygen atoms in total. The molecular formula is C12H20N2OS. The second-order valence-electron chi connectivity index (χ2n) is 4.49. The van der Waals surface area contributed by atoms with Crippen molar-refractivity contribution >= 4 is 16.5 Å². The Morgan fingerprint density at radius 3 is 2.56 bits per heavy atom. The summed E-state index contributed by atoms with van der Waals surface area (Å²) in [6.45, 7) is 5.11. The van der Waals surface area contributed by atoms with Crippen LogP contribution >= 0.6 is 11.3 Å². The van der Waals surface area contributed by atoms with E-state index in [1.54, 1.807) is 11.3 Å². The molecule has 0 aromatic carbocycles. The van der Waals surface area contributed by atoms with Crippen LogP contribution in [0.1, 0.15) is 36.3 Å². The summed E-state index contributed by atoms with van der Waals surface area (Å²) < 4.78 is 0. The van der Waals surface area contributed by atoms with E-state index in [0.29, 0.717) is 6.04 Å². The zero-order chi connectivity index (χ0) is 11.5. The lowest BCUT2D eigenvalue weighted by atomic mass is 10.2. The Morgan fingerprint density at radius 1 is 1.38 bits per heavy atom. The van der Waals surface area contributed by atoms with Gasteiger partial charge in [0.1, 0.15) is 0 Å². The Labute approximate surface area is 101 Å². The zero-order valence-electron chi connectivity index (χ0n) is 10.1. The van der Waals surface area contributed by atoms with Gasteiger partial charge >= 0.3 is 0 Å². The first-order chi connectivity index (χ1) is 7.72. The predicted octanol–water partition coefficient (Wildman–Crippen LogP) is 2.50. The van der Waals surface area contributed by atoms with Crippen molar-refractivity contribution in [3.63, 3.8) is 0 Å². The molecule has 1 heterocycles. The summed E-state index contributed by atoms with van der Waals surface area (Å²) in [5, 5.41) is 10.3. The minimum atomic E-state index is 0.216. The minimum Gasteiger partial charge on any atom is -0.395 e. The van der Waals surface area contributed by atoms with Crippen molar-refractivity contribution < 1.29 is 5.11 Å². The van der Waals surface area contributed by atoms with E-state index in [0.717, 1.165) is 17.4 Å². The van der Waals surface area contributed by atoms with Crippen LogP contribution < -0.4 is 4.90 Å². The molecule has 0 atom stereocenters. The summed E-state index contributed by atoms with van der Waals surface area (Å²) in [7, 11) is 0. The molecule has 2 rings (SSSR count). The highest BCUT2D eigenvalue weighted by atomic mass is 32.1. The summed E-state index contributed by atoms with van der Waals surface area (Å²) in [6.07, 6.45) is 5.13. The molecule has 0 saturated heterocycles. The molecule has 4 heteroatoms. The zero-order valence-corrected chi connectivity index (χ0v) is 10.9. The molecular weight excluding hydrogens is 220 g/mol. The van der Waals surface area contributed by atoms with Crippen LogP contribution in [-0.2, 0) is 0 Å². The van der Waals surface area contributed by atoms with E-state index in [9.17, 15) is 0 Å². The number of aliphatic hydroxyl groups excluding tert-OH is 1. The number of hydrogen-bond donors (Lipinski definition) is 1. The molecule has 0 aliphatic heterocycles. The van der Waals surface area contributed by atoms with Gasteiger partial charge in [-0.15, -0.1) is 11.3 Å². The van der Waals surface area contributed by atoms with E-state index in [2.05, 4.69) is 23.7 Å². The molecule has 1 saturated carbocycles. The van der Waals surface area contributed by atoms with E-state index in [-0.39, 0.29) is 6.61 Å². The van der Waals surface area contributed by atoms with Gasteiger partial charge in [-0.25, -0.2) is 4.98 Å². The molecule has 1 aromatic rings. The van der Waals surface area contributed by atoms with Crippen LogP contribution in [0.4, 0.5) is 5.13 Å². The number of aromatic nitrogens is 1. The third kappa shape index (κ3) is 2.38. The molecule has 0 unspecified atom stereocenters. The lowest BCUT2D eigenvalue weighted by molar-refractivity contribution is 0.297. The average molecular weight is 240 g/mol. The fourth-order valence-corrected chi connectivity index (χ4v) is 3.34. The van der Waals surface area contributed by atoms with Crippen LogP contribution in [0.2, 0.25) is 0 Å². The molecule has 1 aliphatic rings. The number of rotatable bonds is 4. The van der Waals surface area contributed by atoms with E-state index in [1.165, 1.54) is 30.6 Å². The van der Waals surface area contributed by atoms with Gasteiger partial charge in [0, 0.05) is 17.5 Å². The number of anilines is 1. The Hall–Kier alpha value is -0.610. The Morgan fingerprint density at radius 2 is 2.06 bits per heavy atom. The van der Waals surface area contributed by atoms with Crippen LogP contribution in [0.15, 0.2) is 0 Å². The summed E-state index contributed by atoms with van der Waals surface area (Å²) in [5.74, 6) is 0. The summed E-state index contributed by atoms with van der Waals surface area (Å²) in [6, 6.07) is 0.595. The van der Waals surface area contributed by atoms with E-state index in [4.69, 9.17) is 5.11 Å². The SMILES string of the molecule is Cc1nc(N(CCO)C2CCCC2)sc1C. The highest BCUT2D eigenvalue weighted by Gasteiger charge is 2.24. The van der Waals surface area contributed by atoms with Crippen LogP contribution in [0.3, 0.4) is 0 Å². The quantitative estimate of drug-likeness (QED) is 0.878. The van der Waals surface area contributed by atoms with Gasteiger partial charge in [0.15, 0.2) is 5.13 Å². The lowest BCUT2D eigenvalue weighted by Gasteiger charge is -2.27. The van der Waals surface area contributed by atoms with Crippen molar-refractivity contribution in [3.05, 3.63) is 10.6 Å². The van der Waals surface area contributed by atoms with Crippen molar-refractivity contribution in [2.24, 2.45) is 0 Å². The summed E-state index contributed by atoms with van der Waals surface area (Å²) >= 11 is 1.75. The first-order valence-corrected chi connectivity index (χ1v) is 6.85. The Kier molecular flexibility index (Phi) is 3.82. The van der Waals surface area contributed by atoms with Crippen molar-refractivity contribution in [1.29, 1.82) is 0 Å². The van der Waals surface area contributed by atoms with Gasteiger partial charge in [0.25, 0.3) is 0 Å². The van der Waals surface area contributed by atoms with Crippen LogP contribution in [0.25, 0.3) is 0 Å².